The predicted molar refractivity (Wildman–Crippen MR) is 105 cm³/mol. The molecule has 1 aromatic heterocycles. The Balaban J connectivity index is 1.79. The third kappa shape index (κ3) is 4.40. The van der Waals surface area contributed by atoms with Crippen molar-refractivity contribution in [2.24, 2.45) is 0 Å². The first kappa shape index (κ1) is 18.4. The van der Waals surface area contributed by atoms with E-state index in [2.05, 4.69) is 20.6 Å². The lowest BCUT2D eigenvalue weighted by molar-refractivity contribution is 0.102. The Hall–Kier alpha value is -3.43. The van der Waals surface area contributed by atoms with E-state index in [-0.39, 0.29) is 17.5 Å². The number of aromatic nitrogens is 2. The lowest BCUT2D eigenvalue weighted by atomic mass is 10.1. The van der Waals surface area contributed by atoms with Gasteiger partial charge in [0.05, 0.1) is 22.3 Å². The van der Waals surface area contributed by atoms with Crippen molar-refractivity contribution in [1.29, 1.82) is 5.26 Å². The summed E-state index contributed by atoms with van der Waals surface area (Å²) in [4.78, 5) is 20.8. The van der Waals surface area contributed by atoms with Gasteiger partial charge in [-0.15, -0.1) is 0 Å². The summed E-state index contributed by atoms with van der Waals surface area (Å²) in [7, 11) is 0. The normalized spacial score (nSPS) is 10.1. The highest BCUT2D eigenvalue weighted by Gasteiger charge is 2.12. The van der Waals surface area contributed by atoms with Crippen LogP contribution in [0.15, 0.2) is 48.7 Å². The molecule has 0 spiro atoms. The van der Waals surface area contributed by atoms with Crippen LogP contribution < -0.4 is 10.6 Å². The Kier molecular flexibility index (Phi) is 5.34. The topological polar surface area (TPSA) is 90.7 Å². The highest BCUT2D eigenvalue weighted by molar-refractivity contribution is 6.33. The van der Waals surface area contributed by atoms with E-state index in [1.54, 1.807) is 24.3 Å². The van der Waals surface area contributed by atoms with E-state index in [9.17, 15) is 4.79 Å². The second kappa shape index (κ2) is 7.85. The van der Waals surface area contributed by atoms with Crippen molar-refractivity contribution in [2.75, 3.05) is 10.6 Å². The van der Waals surface area contributed by atoms with Crippen LogP contribution in [0.5, 0.6) is 0 Å². The van der Waals surface area contributed by atoms with Gasteiger partial charge in [-0.05, 0) is 61.4 Å². The second-order valence-corrected chi connectivity index (χ2v) is 6.38. The number of anilines is 3. The van der Waals surface area contributed by atoms with Crippen molar-refractivity contribution in [1.82, 2.24) is 9.97 Å². The number of benzene rings is 2. The summed E-state index contributed by atoms with van der Waals surface area (Å²) in [5.41, 5.74) is 4.01. The number of nitrogens with one attached hydrogen (secondary N) is 2. The van der Waals surface area contributed by atoms with Crippen molar-refractivity contribution in [3.05, 3.63) is 76.1 Å². The van der Waals surface area contributed by atoms with Gasteiger partial charge in [0.15, 0.2) is 0 Å². The van der Waals surface area contributed by atoms with Gasteiger partial charge < -0.3 is 10.6 Å². The van der Waals surface area contributed by atoms with Gasteiger partial charge in [-0.25, -0.2) is 9.97 Å². The molecule has 0 saturated heterocycles. The van der Waals surface area contributed by atoms with E-state index in [4.69, 9.17) is 16.9 Å². The summed E-state index contributed by atoms with van der Waals surface area (Å²) in [6.07, 6.45) is 1.50. The molecule has 0 aliphatic carbocycles. The maximum Gasteiger partial charge on any atom is 0.274 e. The molecule has 2 aromatic carbocycles. The largest absolute Gasteiger partial charge is 0.323 e. The zero-order chi connectivity index (χ0) is 19.4. The Morgan fingerprint density at radius 2 is 1.89 bits per heavy atom. The number of carbonyl (C=O) groups excluding carboxylic acids is 1. The van der Waals surface area contributed by atoms with Crippen LogP contribution in [0.25, 0.3) is 0 Å². The van der Waals surface area contributed by atoms with Crippen LogP contribution in [-0.4, -0.2) is 15.9 Å². The van der Waals surface area contributed by atoms with E-state index in [0.29, 0.717) is 22.0 Å². The SMILES string of the molecule is Cc1cc(C)c(Nc2nccc(C(=O)Nc3ccc(C#N)cc3)n2)c(Cl)c1. The highest BCUT2D eigenvalue weighted by atomic mass is 35.5. The van der Waals surface area contributed by atoms with Gasteiger partial charge in [0, 0.05) is 11.9 Å². The molecule has 7 heteroatoms. The molecule has 1 amide bonds. The molecule has 1 heterocycles. The number of hydrogen-bond acceptors (Lipinski definition) is 5. The standard InChI is InChI=1S/C20H16ClN5O/c1-12-9-13(2)18(16(21)10-12)26-20-23-8-7-17(25-20)19(27)24-15-5-3-14(11-22)4-6-15/h3-10H,1-2H3,(H,24,27)(H,23,25,26). The molecule has 0 bridgehead atoms. The third-order valence-corrected chi connectivity index (χ3v) is 4.13. The second-order valence-electron chi connectivity index (χ2n) is 5.97. The Bertz CT molecular complexity index is 1020. The number of aryl methyl sites for hydroxylation is 2. The molecule has 3 aromatic rings. The molecule has 134 valence electrons. The summed E-state index contributed by atoms with van der Waals surface area (Å²) in [6, 6.07) is 14.0. The van der Waals surface area contributed by atoms with Crippen molar-refractivity contribution in [2.45, 2.75) is 13.8 Å². The predicted octanol–water partition coefficient (Wildman–Crippen LogP) is 4.61. The number of hydrogen-bond donors (Lipinski definition) is 2. The fourth-order valence-corrected chi connectivity index (χ4v) is 2.92. The van der Waals surface area contributed by atoms with Crippen molar-refractivity contribution in [3.63, 3.8) is 0 Å². The Morgan fingerprint density at radius 3 is 2.56 bits per heavy atom. The highest BCUT2D eigenvalue weighted by Crippen LogP contribution is 2.29. The lowest BCUT2D eigenvalue weighted by Crippen LogP contribution is -2.14. The average molecular weight is 378 g/mol. The van der Waals surface area contributed by atoms with E-state index in [1.165, 1.54) is 12.3 Å². The minimum atomic E-state index is -0.378. The molecule has 0 aliphatic heterocycles. The van der Waals surface area contributed by atoms with Gasteiger partial charge in [0.2, 0.25) is 5.95 Å². The van der Waals surface area contributed by atoms with Crippen LogP contribution in [0.2, 0.25) is 5.02 Å². The molecular formula is C20H16ClN5O. The minimum absolute atomic E-state index is 0.206. The monoisotopic (exact) mass is 377 g/mol. The maximum atomic E-state index is 12.4. The molecule has 0 fully saturated rings. The van der Waals surface area contributed by atoms with E-state index >= 15 is 0 Å². The summed E-state index contributed by atoms with van der Waals surface area (Å²) in [5, 5.41) is 15.2. The number of halogens is 1. The first-order valence-electron chi connectivity index (χ1n) is 8.14. The molecule has 2 N–H and O–H groups in total. The molecule has 3 rings (SSSR count). The number of nitriles is 1. The van der Waals surface area contributed by atoms with Gasteiger partial charge >= 0.3 is 0 Å². The van der Waals surface area contributed by atoms with Crippen LogP contribution in [0, 0.1) is 25.2 Å². The molecule has 0 saturated carbocycles. The van der Waals surface area contributed by atoms with Crippen LogP contribution in [0.4, 0.5) is 17.3 Å². The molecule has 0 unspecified atom stereocenters. The molecule has 0 aliphatic rings. The number of nitrogens with zero attached hydrogens (tertiary/aromatic N) is 3. The van der Waals surface area contributed by atoms with Gasteiger partial charge in [-0.2, -0.15) is 5.26 Å². The minimum Gasteiger partial charge on any atom is -0.323 e. The summed E-state index contributed by atoms with van der Waals surface area (Å²) >= 11 is 6.30. The fourth-order valence-electron chi connectivity index (χ4n) is 2.55. The van der Waals surface area contributed by atoms with Gasteiger partial charge in [-0.1, -0.05) is 17.7 Å². The van der Waals surface area contributed by atoms with Gasteiger partial charge in [-0.3, -0.25) is 4.79 Å². The Labute approximate surface area is 161 Å². The van der Waals surface area contributed by atoms with E-state index in [0.717, 1.165) is 11.1 Å². The third-order valence-electron chi connectivity index (χ3n) is 3.83. The van der Waals surface area contributed by atoms with Gasteiger partial charge in [0.25, 0.3) is 5.91 Å². The van der Waals surface area contributed by atoms with Crippen LogP contribution in [-0.2, 0) is 0 Å². The number of carbonyl (C=O) groups is 1. The Morgan fingerprint density at radius 1 is 1.15 bits per heavy atom. The molecular weight excluding hydrogens is 362 g/mol. The van der Waals surface area contributed by atoms with Crippen LogP contribution >= 0.6 is 11.6 Å². The van der Waals surface area contributed by atoms with Crippen LogP contribution in [0.3, 0.4) is 0 Å². The first-order chi connectivity index (χ1) is 13.0. The van der Waals surface area contributed by atoms with E-state index < -0.39 is 0 Å². The molecule has 6 nitrogen and oxygen atoms in total. The smallest absolute Gasteiger partial charge is 0.274 e. The number of rotatable bonds is 4. The van der Waals surface area contributed by atoms with E-state index in [1.807, 2.05) is 32.0 Å². The number of amides is 1. The zero-order valence-corrected chi connectivity index (χ0v) is 15.5. The fraction of sp³-hybridized carbons (Fsp3) is 0.100. The summed E-state index contributed by atoms with van der Waals surface area (Å²) in [6.45, 7) is 3.90. The van der Waals surface area contributed by atoms with Gasteiger partial charge in [0.1, 0.15) is 5.69 Å². The van der Waals surface area contributed by atoms with Crippen molar-refractivity contribution >= 4 is 34.8 Å². The molecule has 0 radical (unpaired) electrons. The average Bonchev–Trinajstić information content (AvgIpc) is 2.65. The summed E-state index contributed by atoms with van der Waals surface area (Å²) in [5.74, 6) is -0.104. The first-order valence-corrected chi connectivity index (χ1v) is 8.52. The summed E-state index contributed by atoms with van der Waals surface area (Å²) < 4.78 is 0. The quantitative estimate of drug-likeness (QED) is 0.692. The molecule has 0 atom stereocenters. The maximum absolute atomic E-state index is 12.4. The molecule has 27 heavy (non-hydrogen) atoms. The van der Waals surface area contributed by atoms with Crippen molar-refractivity contribution < 1.29 is 4.79 Å². The lowest BCUT2D eigenvalue weighted by Gasteiger charge is -2.12. The van der Waals surface area contributed by atoms with Crippen LogP contribution in [0.1, 0.15) is 27.2 Å². The zero-order valence-electron chi connectivity index (χ0n) is 14.7. The van der Waals surface area contributed by atoms with Crippen molar-refractivity contribution in [3.8, 4) is 6.07 Å².